The summed E-state index contributed by atoms with van der Waals surface area (Å²) >= 11 is 1.67. The number of aliphatic hydroxyl groups is 1. The molecule has 5 atom stereocenters. The van der Waals surface area contributed by atoms with Crippen LogP contribution in [0.1, 0.15) is 56.6 Å². The number of unbranched alkanes of at least 4 members (excludes halogenated alkanes) is 3. The Bertz CT molecular complexity index is 1050. The van der Waals surface area contributed by atoms with E-state index in [1.165, 1.54) is 0 Å². The highest BCUT2D eigenvalue weighted by atomic mass is 32.2. The number of anilines is 1. The highest BCUT2D eigenvalue weighted by Gasteiger charge is 2.74. The number of esters is 1. The number of carbonyl (C=O) groups excluding carboxylic acids is 3. The van der Waals surface area contributed by atoms with Gasteiger partial charge in [0, 0.05) is 30.6 Å². The van der Waals surface area contributed by atoms with Gasteiger partial charge in [0.05, 0.1) is 23.2 Å². The van der Waals surface area contributed by atoms with Crippen molar-refractivity contribution in [2.75, 3.05) is 31.2 Å². The summed E-state index contributed by atoms with van der Waals surface area (Å²) in [6.07, 6.45) is 6.49. The molecule has 0 saturated carbocycles. The van der Waals surface area contributed by atoms with Gasteiger partial charge in [0.1, 0.15) is 6.04 Å². The lowest BCUT2D eigenvalue weighted by Gasteiger charge is -2.37. The van der Waals surface area contributed by atoms with E-state index in [4.69, 9.17) is 9.84 Å². The molecule has 4 rings (SSSR count). The van der Waals surface area contributed by atoms with Gasteiger partial charge in [-0.25, -0.2) is 0 Å². The van der Waals surface area contributed by atoms with E-state index in [0.29, 0.717) is 13.1 Å². The highest BCUT2D eigenvalue weighted by Crippen LogP contribution is 2.66. The van der Waals surface area contributed by atoms with Crippen LogP contribution in [0.2, 0.25) is 0 Å². The minimum absolute atomic E-state index is 0.00330. The van der Waals surface area contributed by atoms with Gasteiger partial charge in [-0.1, -0.05) is 31.1 Å². The van der Waals surface area contributed by atoms with Crippen molar-refractivity contribution in [3.05, 3.63) is 42.0 Å². The van der Waals surface area contributed by atoms with E-state index >= 15 is 0 Å². The molecule has 37 heavy (non-hydrogen) atoms. The number of aliphatic hydroxyl groups excluding tert-OH is 1. The maximum atomic E-state index is 14.5. The third kappa shape index (κ3) is 4.94. The number of hydrogen-bond acceptors (Lipinski definition) is 6. The van der Waals surface area contributed by atoms with Crippen LogP contribution >= 0.6 is 11.8 Å². The van der Waals surface area contributed by atoms with Gasteiger partial charge in [0.2, 0.25) is 5.91 Å². The lowest BCUT2D eigenvalue weighted by molar-refractivity contribution is -0.153. The Labute approximate surface area is 224 Å². The number of ether oxygens (including phenoxy) is 1. The molecular weight excluding hydrogens is 488 g/mol. The van der Waals surface area contributed by atoms with Crippen molar-refractivity contribution in [2.45, 2.75) is 75.3 Å². The molecule has 3 aliphatic heterocycles. The van der Waals surface area contributed by atoms with Gasteiger partial charge in [-0.05, 0) is 63.6 Å². The maximum Gasteiger partial charge on any atom is 0.310 e. The van der Waals surface area contributed by atoms with E-state index in [0.717, 1.165) is 55.3 Å². The lowest BCUT2D eigenvalue weighted by Crippen LogP contribution is -2.55. The molecule has 3 aliphatic rings. The van der Waals surface area contributed by atoms with Gasteiger partial charge in [0.25, 0.3) is 5.91 Å². The Kier molecular flexibility index (Phi) is 8.69. The Morgan fingerprint density at radius 2 is 2.03 bits per heavy atom. The van der Waals surface area contributed by atoms with E-state index in [-0.39, 0.29) is 36.2 Å². The van der Waals surface area contributed by atoms with Crippen molar-refractivity contribution in [1.82, 2.24) is 4.90 Å². The standard InChI is InChI=1S/C29H40N2O5S/c1-5-15-30(21-18-19(3)11-12-20(21)4)27(34)25-29-14-13-22(37-29)23(28(35)36-6-2)24(29)26(33)31(25)16-9-7-8-10-17-32/h5,11-12,18,22-25,32H,1,6-10,13-17H2,2-4H3/t22-,23+,24+,25?,29?/m1/s1. The van der Waals surface area contributed by atoms with Crippen LogP contribution in [0.15, 0.2) is 30.9 Å². The molecule has 3 fully saturated rings. The Balaban J connectivity index is 1.72. The molecule has 3 heterocycles. The van der Waals surface area contributed by atoms with E-state index in [2.05, 4.69) is 6.58 Å². The summed E-state index contributed by atoms with van der Waals surface area (Å²) in [5.41, 5.74) is 2.88. The van der Waals surface area contributed by atoms with Crippen LogP contribution in [0.25, 0.3) is 0 Å². The molecule has 0 radical (unpaired) electrons. The minimum Gasteiger partial charge on any atom is -0.466 e. The van der Waals surface area contributed by atoms with Gasteiger partial charge in [-0.2, -0.15) is 0 Å². The number of fused-ring (bicyclic) bond motifs is 1. The number of hydrogen-bond donors (Lipinski definition) is 1. The normalized spacial score (nSPS) is 27.9. The minimum atomic E-state index is -0.642. The molecule has 1 aromatic carbocycles. The molecule has 202 valence electrons. The maximum absolute atomic E-state index is 14.5. The van der Waals surface area contributed by atoms with Crippen LogP contribution in [-0.2, 0) is 19.1 Å². The van der Waals surface area contributed by atoms with Crippen molar-refractivity contribution in [3.8, 4) is 0 Å². The average Bonchev–Trinajstić information content (AvgIpc) is 3.51. The zero-order chi connectivity index (χ0) is 26.7. The number of carbonyl (C=O) groups is 3. The molecule has 1 N–H and O–H groups in total. The van der Waals surface area contributed by atoms with Crippen LogP contribution in [0.5, 0.6) is 0 Å². The number of thioether (sulfide) groups is 1. The van der Waals surface area contributed by atoms with Gasteiger partial charge in [0.15, 0.2) is 0 Å². The molecule has 3 saturated heterocycles. The van der Waals surface area contributed by atoms with Crippen molar-refractivity contribution < 1.29 is 24.2 Å². The second-order valence-electron chi connectivity index (χ2n) is 10.5. The first-order chi connectivity index (χ1) is 17.8. The SMILES string of the molecule is C=CCN(C(=O)C1N(CCCCCCO)C(=O)[C@@H]2[C@@H](C(=O)OCC)[C@H]3CCC12S3)c1cc(C)ccc1C. The molecule has 2 bridgehead atoms. The van der Waals surface area contributed by atoms with Crippen molar-refractivity contribution >= 4 is 35.2 Å². The first kappa shape index (κ1) is 27.7. The predicted octanol–water partition coefficient (Wildman–Crippen LogP) is 4.03. The van der Waals surface area contributed by atoms with Crippen molar-refractivity contribution in [1.29, 1.82) is 0 Å². The number of amides is 2. The van der Waals surface area contributed by atoms with E-state index in [1.807, 2.05) is 32.0 Å². The summed E-state index contributed by atoms with van der Waals surface area (Å²) < 4.78 is 4.79. The summed E-state index contributed by atoms with van der Waals surface area (Å²) in [6, 6.07) is 5.42. The fraction of sp³-hybridized carbons (Fsp3) is 0.621. The van der Waals surface area contributed by atoms with Crippen molar-refractivity contribution in [2.24, 2.45) is 11.8 Å². The zero-order valence-electron chi connectivity index (χ0n) is 22.3. The van der Waals surface area contributed by atoms with Crippen LogP contribution in [0, 0.1) is 25.7 Å². The topological polar surface area (TPSA) is 87.2 Å². The summed E-state index contributed by atoms with van der Waals surface area (Å²) in [4.78, 5) is 45.2. The second-order valence-corrected chi connectivity index (χ2v) is 12.1. The van der Waals surface area contributed by atoms with Gasteiger partial charge >= 0.3 is 5.97 Å². The van der Waals surface area contributed by atoms with Crippen LogP contribution < -0.4 is 4.90 Å². The fourth-order valence-corrected chi connectivity index (χ4v) is 8.72. The number of rotatable bonds is 12. The molecule has 8 heteroatoms. The smallest absolute Gasteiger partial charge is 0.310 e. The summed E-state index contributed by atoms with van der Waals surface area (Å²) in [5, 5.41) is 9.13. The summed E-state index contributed by atoms with van der Waals surface area (Å²) in [6.45, 7) is 10.9. The van der Waals surface area contributed by atoms with Crippen molar-refractivity contribution in [3.63, 3.8) is 0 Å². The summed E-state index contributed by atoms with van der Waals surface area (Å²) in [5.74, 6) is -1.54. The number of likely N-dealkylation sites (tertiary alicyclic amines) is 1. The average molecular weight is 529 g/mol. The first-order valence-corrected chi connectivity index (χ1v) is 14.4. The Morgan fingerprint density at radius 3 is 2.73 bits per heavy atom. The van der Waals surface area contributed by atoms with E-state index < -0.39 is 22.6 Å². The Hall–Kier alpha value is -2.32. The third-order valence-corrected chi connectivity index (χ3v) is 10.1. The molecule has 1 spiro atoms. The molecule has 1 aromatic rings. The fourth-order valence-electron chi connectivity index (χ4n) is 6.52. The van der Waals surface area contributed by atoms with Crippen LogP contribution in [0.4, 0.5) is 5.69 Å². The quantitative estimate of drug-likeness (QED) is 0.250. The molecule has 2 amide bonds. The third-order valence-electron chi connectivity index (χ3n) is 8.13. The van der Waals surface area contributed by atoms with Crippen LogP contribution in [-0.4, -0.2) is 70.1 Å². The first-order valence-electron chi connectivity index (χ1n) is 13.6. The summed E-state index contributed by atoms with van der Waals surface area (Å²) in [7, 11) is 0. The largest absolute Gasteiger partial charge is 0.466 e. The lowest BCUT2D eigenvalue weighted by atomic mass is 9.71. The molecule has 0 aliphatic carbocycles. The zero-order valence-corrected chi connectivity index (χ0v) is 23.1. The number of benzene rings is 1. The molecule has 0 aromatic heterocycles. The van der Waals surface area contributed by atoms with Gasteiger partial charge < -0.3 is 19.6 Å². The monoisotopic (exact) mass is 528 g/mol. The van der Waals surface area contributed by atoms with Crippen LogP contribution in [0.3, 0.4) is 0 Å². The number of nitrogens with zero attached hydrogens (tertiary/aromatic N) is 2. The highest BCUT2D eigenvalue weighted by molar-refractivity contribution is 8.02. The molecule has 2 unspecified atom stereocenters. The van der Waals surface area contributed by atoms with E-state index in [1.54, 1.807) is 34.6 Å². The molecule has 7 nitrogen and oxygen atoms in total. The van der Waals surface area contributed by atoms with Gasteiger partial charge in [-0.3, -0.25) is 14.4 Å². The Morgan fingerprint density at radius 1 is 1.27 bits per heavy atom. The predicted molar refractivity (Wildman–Crippen MR) is 146 cm³/mol. The number of aryl methyl sites for hydroxylation is 2. The second kappa shape index (κ2) is 11.6. The van der Waals surface area contributed by atoms with E-state index in [9.17, 15) is 14.4 Å². The molecular formula is C29H40N2O5S. The van der Waals surface area contributed by atoms with Gasteiger partial charge in [-0.15, -0.1) is 18.3 Å².